The Morgan fingerprint density at radius 3 is 2.68 bits per heavy atom. The number of phenols is 1. The molecule has 0 saturated carbocycles. The number of fused-ring (bicyclic) bond motifs is 1. The molecule has 0 aliphatic heterocycles. The number of benzene rings is 1. The van der Waals surface area contributed by atoms with Crippen molar-refractivity contribution in [1.29, 1.82) is 0 Å². The van der Waals surface area contributed by atoms with Crippen molar-refractivity contribution in [3.05, 3.63) is 65.3 Å². The first-order chi connectivity index (χ1) is 18.1. The van der Waals surface area contributed by atoms with Gasteiger partial charge < -0.3 is 10.4 Å². The van der Waals surface area contributed by atoms with Crippen LogP contribution >= 0.6 is 11.6 Å². The fourth-order valence-electron chi connectivity index (χ4n) is 3.43. The number of aromatic hydroxyl groups is 1. The van der Waals surface area contributed by atoms with Gasteiger partial charge in [-0.25, -0.2) is 4.99 Å². The lowest BCUT2D eigenvalue weighted by atomic mass is 9.93. The fraction of sp³-hybridized carbons (Fsp3) is 0.130. The van der Waals surface area contributed by atoms with E-state index in [0.29, 0.717) is 35.9 Å². The summed E-state index contributed by atoms with van der Waals surface area (Å²) in [5, 5.41) is 28.2. The van der Waals surface area contributed by atoms with Crippen molar-refractivity contribution in [2.45, 2.75) is 18.2 Å². The molecule has 0 unspecified atom stereocenters. The van der Waals surface area contributed by atoms with E-state index >= 15 is 0 Å². The Morgan fingerprint density at radius 2 is 1.97 bits per heavy atom. The maximum absolute atomic E-state index is 12.0. The van der Waals surface area contributed by atoms with Crippen LogP contribution in [0, 0.1) is 6.92 Å². The molecule has 13 nitrogen and oxygen atoms in total. The molecule has 4 rings (SSSR count). The SMILES string of the molecule is [CH2+]CCNc1nc(Cl)nc(N=C2C=CC(=NN=C3C(=[NH2+])C=Cc4cc(S(=O)(=O)ON)cc(O)c43)C(C)=C2)n1. The summed E-state index contributed by atoms with van der Waals surface area (Å²) < 4.78 is 28.0. The van der Waals surface area contributed by atoms with Gasteiger partial charge >= 0.3 is 10.1 Å². The van der Waals surface area contributed by atoms with Gasteiger partial charge in [-0.2, -0.15) is 38.7 Å². The fourth-order valence-corrected chi connectivity index (χ4v) is 4.23. The molecular weight excluding hydrogens is 534 g/mol. The van der Waals surface area contributed by atoms with Crippen molar-refractivity contribution in [2.75, 3.05) is 11.9 Å². The zero-order valence-corrected chi connectivity index (χ0v) is 21.5. The molecule has 6 N–H and O–H groups in total. The lowest BCUT2D eigenvalue weighted by Crippen LogP contribution is -2.45. The van der Waals surface area contributed by atoms with Crippen molar-refractivity contribution in [1.82, 2.24) is 15.0 Å². The molecule has 2 aliphatic rings. The highest BCUT2D eigenvalue weighted by Crippen LogP contribution is 2.31. The van der Waals surface area contributed by atoms with Gasteiger partial charge in [0.25, 0.3) is 5.95 Å². The van der Waals surface area contributed by atoms with Gasteiger partial charge in [-0.05, 0) is 60.0 Å². The maximum atomic E-state index is 12.0. The van der Waals surface area contributed by atoms with Gasteiger partial charge in [-0.1, -0.05) is 0 Å². The largest absolute Gasteiger partial charge is 0.507 e. The summed E-state index contributed by atoms with van der Waals surface area (Å²) in [5.74, 6) is 4.89. The van der Waals surface area contributed by atoms with Gasteiger partial charge in [0.05, 0.1) is 35.4 Å². The van der Waals surface area contributed by atoms with E-state index in [1.165, 1.54) is 18.2 Å². The van der Waals surface area contributed by atoms with Crippen molar-refractivity contribution in [3.8, 4) is 5.75 Å². The number of allylic oxidation sites excluding steroid dienone is 5. The average Bonchev–Trinajstić information content (AvgIpc) is 2.87. The quantitative estimate of drug-likeness (QED) is 0.219. The zero-order valence-electron chi connectivity index (χ0n) is 20.0. The number of hydrogen-bond donors (Lipinski definition) is 4. The molecule has 1 aromatic heterocycles. The van der Waals surface area contributed by atoms with Gasteiger partial charge in [0, 0.05) is 12.1 Å². The molecule has 194 valence electrons. The van der Waals surface area contributed by atoms with E-state index in [1.54, 1.807) is 18.2 Å². The van der Waals surface area contributed by atoms with Crippen LogP contribution in [0.4, 0.5) is 11.9 Å². The number of aliphatic imine (C=N–C) groups is 1. The van der Waals surface area contributed by atoms with Gasteiger partial charge in [0.15, 0.2) is 5.71 Å². The van der Waals surface area contributed by atoms with E-state index < -0.39 is 10.1 Å². The molecule has 0 atom stereocenters. The van der Waals surface area contributed by atoms with E-state index in [1.807, 2.05) is 6.92 Å². The first-order valence-corrected chi connectivity index (χ1v) is 12.8. The highest BCUT2D eigenvalue weighted by atomic mass is 35.5. The number of phenolic OH excluding ortho intramolecular Hbond substituents is 1. The molecule has 0 fully saturated rings. The molecule has 0 amide bonds. The Morgan fingerprint density at radius 1 is 1.18 bits per heavy atom. The van der Waals surface area contributed by atoms with Crippen LogP contribution in [0.1, 0.15) is 24.5 Å². The molecule has 15 heteroatoms. The molecule has 0 spiro atoms. The highest BCUT2D eigenvalue weighted by Gasteiger charge is 2.27. The number of nitrogens with zero attached hydrogens (tertiary/aromatic N) is 6. The van der Waals surface area contributed by atoms with E-state index in [9.17, 15) is 13.5 Å². The first kappa shape index (κ1) is 26.8. The normalized spacial score (nSPS) is 18.2. The van der Waals surface area contributed by atoms with Crippen molar-refractivity contribution in [3.63, 3.8) is 0 Å². The lowest BCUT2D eigenvalue weighted by molar-refractivity contribution is -0.108. The molecule has 1 aromatic carbocycles. The standard InChI is InChI=1S/C23H20ClN9O4S/c1-3-8-27-22-29-21(24)30-23(31-22)28-14-5-7-17(12(2)9-14)32-33-20-16(25)6-4-13-10-15(38(35,36)37-26)11-18(34)19(13)20/h4-7,9-11,25H,1,3,8,26H2,2H3,(H-,27,28,29,30,31,33,34)/p+2. The summed E-state index contributed by atoms with van der Waals surface area (Å²) in [7, 11) is -4.23. The third-order valence-corrected chi connectivity index (χ3v) is 6.45. The van der Waals surface area contributed by atoms with E-state index in [4.69, 9.17) is 22.9 Å². The number of rotatable bonds is 7. The molecule has 0 saturated heterocycles. The Labute approximate surface area is 222 Å². The highest BCUT2D eigenvalue weighted by molar-refractivity contribution is 7.86. The minimum absolute atomic E-state index is 0.00339. The van der Waals surface area contributed by atoms with Gasteiger partial charge in [-0.3, -0.25) is 5.41 Å². The Kier molecular flexibility index (Phi) is 7.78. The lowest BCUT2D eigenvalue weighted by Gasteiger charge is -2.14. The smallest absolute Gasteiger partial charge is 0.312 e. The molecule has 0 bridgehead atoms. The van der Waals surface area contributed by atoms with E-state index in [-0.39, 0.29) is 38.9 Å². The minimum atomic E-state index is -4.23. The van der Waals surface area contributed by atoms with E-state index in [0.717, 1.165) is 11.6 Å². The molecule has 2 aliphatic carbocycles. The summed E-state index contributed by atoms with van der Waals surface area (Å²) in [6, 6.07) is 2.28. The molecule has 1 heterocycles. The topological polar surface area (TPSA) is 203 Å². The summed E-state index contributed by atoms with van der Waals surface area (Å²) >= 11 is 5.98. The molecule has 0 radical (unpaired) electrons. The monoisotopic (exact) mass is 555 g/mol. The van der Waals surface area contributed by atoms with Crippen molar-refractivity contribution >= 4 is 62.5 Å². The molecule has 38 heavy (non-hydrogen) atoms. The van der Waals surface area contributed by atoms with Crippen molar-refractivity contribution in [2.24, 2.45) is 21.1 Å². The number of halogens is 1. The first-order valence-electron chi connectivity index (χ1n) is 11.0. The second kappa shape index (κ2) is 11.0. The predicted octanol–water partition coefficient (Wildman–Crippen LogP) is 1.11. The van der Waals surface area contributed by atoms with Crippen LogP contribution in [-0.4, -0.2) is 57.9 Å². The van der Waals surface area contributed by atoms with Gasteiger partial charge in [-0.15, -0.1) is 5.10 Å². The second-order valence-corrected chi connectivity index (χ2v) is 9.80. The summed E-state index contributed by atoms with van der Waals surface area (Å²) in [6.07, 6.45) is 8.83. The molecular formula is C23H22ClN9O4S+2. The van der Waals surface area contributed by atoms with Gasteiger partial charge in [0.1, 0.15) is 12.2 Å². The summed E-state index contributed by atoms with van der Waals surface area (Å²) in [5.41, 5.74) is 2.71. The van der Waals surface area contributed by atoms with Gasteiger partial charge in [0.2, 0.25) is 16.9 Å². The van der Waals surface area contributed by atoms with Crippen LogP contribution in [0.15, 0.2) is 62.1 Å². The predicted molar refractivity (Wildman–Crippen MR) is 144 cm³/mol. The number of anilines is 1. The summed E-state index contributed by atoms with van der Waals surface area (Å²) in [6.45, 7) is 6.13. The number of hydrogen-bond acceptors (Lipinski definition) is 12. The Bertz CT molecular complexity index is 1610. The number of nitrogens with two attached hydrogens (primary N) is 2. The third-order valence-electron chi connectivity index (χ3n) is 5.21. The van der Waals surface area contributed by atoms with Crippen LogP contribution in [0.25, 0.3) is 6.08 Å². The second-order valence-electron chi connectivity index (χ2n) is 7.89. The third kappa shape index (κ3) is 5.84. The van der Waals surface area contributed by atoms with Crippen LogP contribution in [0.2, 0.25) is 5.28 Å². The van der Waals surface area contributed by atoms with Crippen LogP contribution in [-0.2, 0) is 14.4 Å². The van der Waals surface area contributed by atoms with E-state index in [2.05, 4.69) is 46.7 Å². The zero-order chi connectivity index (χ0) is 27.4. The molecule has 2 aromatic rings. The minimum Gasteiger partial charge on any atom is -0.507 e. The Hall–Kier alpha value is -4.24. The Balaban J connectivity index is 1.63. The number of aromatic nitrogens is 3. The maximum Gasteiger partial charge on any atom is 0.312 e. The van der Waals surface area contributed by atoms with Crippen LogP contribution < -0.4 is 16.6 Å². The van der Waals surface area contributed by atoms with Crippen LogP contribution in [0.3, 0.4) is 0 Å². The van der Waals surface area contributed by atoms with Crippen LogP contribution in [0.5, 0.6) is 5.75 Å². The summed E-state index contributed by atoms with van der Waals surface area (Å²) in [4.78, 5) is 16.3. The average molecular weight is 556 g/mol. The van der Waals surface area contributed by atoms with Crippen molar-refractivity contribution < 1.29 is 23.2 Å². The number of nitrogens with one attached hydrogen (secondary N) is 1.